The van der Waals surface area contributed by atoms with Crippen molar-refractivity contribution in [2.24, 2.45) is 11.3 Å². The van der Waals surface area contributed by atoms with Crippen molar-refractivity contribution >= 4 is 52.2 Å². The molecule has 0 nitrogen and oxygen atoms in total. The molecule has 0 aliphatic heterocycles. The number of fused-ring (bicyclic) bond motifs is 3. The minimum atomic E-state index is 0. The molecule has 1 atom stereocenters. The fourth-order valence-corrected chi connectivity index (χ4v) is 6.46. The molecule has 4 aromatic rings. The van der Waals surface area contributed by atoms with Crippen LogP contribution in [-0.4, -0.2) is 4.21 Å². The summed E-state index contributed by atoms with van der Waals surface area (Å²) in [6, 6.07) is 30.9. The number of benzene rings is 4. The summed E-state index contributed by atoms with van der Waals surface area (Å²) < 4.78 is 3.34. The molecule has 2 aliphatic rings. The third kappa shape index (κ3) is 16.5. The van der Waals surface area contributed by atoms with Gasteiger partial charge in [-0.1, -0.05) is 133 Å². The van der Waals surface area contributed by atoms with Crippen LogP contribution in [0.4, 0.5) is 0 Å². The van der Waals surface area contributed by atoms with Gasteiger partial charge >= 0.3 is 28.4 Å². The van der Waals surface area contributed by atoms with Crippen molar-refractivity contribution in [1.82, 2.24) is 0 Å². The standard InChI is InChI=1S/C23H29.C12H19.2C6H4Cl.CH2.2ClH.Zr/c1-14-9-16-11-17-10-15(2)21(23(6,7)8)13-19(17)18(16)12-20(14)22(3,4)5;1-5-6-10-7-8-11(9-10)12(2,3)4;2*7-6-4-2-1-3-5-6;;;;/h9,12-13H,11H2,1-8H3;8-10H,5-6H2,1-4H3;2*2-5H;1H2;2*1H;/q4*-1;;;;. The molecule has 4 aromatic carbocycles. The van der Waals surface area contributed by atoms with Gasteiger partial charge in [0.2, 0.25) is 0 Å². The molecule has 5 heteroatoms. The summed E-state index contributed by atoms with van der Waals surface area (Å²) in [5.74, 6) is 0.587. The van der Waals surface area contributed by atoms with Gasteiger partial charge in [-0.05, 0) is 35.4 Å². The zero-order valence-corrected chi connectivity index (χ0v) is 39.6. The monoisotopic (exact) mass is 866 g/mol. The number of aryl methyl sites for hydroxylation is 2. The summed E-state index contributed by atoms with van der Waals surface area (Å²) >= 11 is 12.3. The number of halogens is 4. The van der Waals surface area contributed by atoms with Crippen molar-refractivity contribution in [3.63, 3.8) is 0 Å². The van der Waals surface area contributed by atoms with Gasteiger partial charge < -0.3 is 0 Å². The molecular weight excluding hydrogens is 810 g/mol. The van der Waals surface area contributed by atoms with Gasteiger partial charge in [-0.25, -0.2) is 6.08 Å². The van der Waals surface area contributed by atoms with Crippen LogP contribution in [0.1, 0.15) is 115 Å². The molecule has 53 heavy (non-hydrogen) atoms. The van der Waals surface area contributed by atoms with Gasteiger partial charge in [0.25, 0.3) is 0 Å². The van der Waals surface area contributed by atoms with Crippen LogP contribution in [0.2, 0.25) is 10.0 Å². The molecule has 0 bridgehead atoms. The van der Waals surface area contributed by atoms with E-state index in [0.29, 0.717) is 11.3 Å². The van der Waals surface area contributed by atoms with Gasteiger partial charge in [0, 0.05) is 0 Å². The third-order valence-electron chi connectivity index (χ3n) is 8.73. The van der Waals surface area contributed by atoms with Gasteiger partial charge in [0.1, 0.15) is 0 Å². The Balaban J connectivity index is 0.000000754. The molecule has 0 heterocycles. The van der Waals surface area contributed by atoms with E-state index in [4.69, 9.17) is 23.2 Å². The Bertz CT molecular complexity index is 1630. The SMILES string of the molecule is CCCC1[C-]=CC(C(C)(C)C)=C1.Cc1[c-]c2c(cc1C(C)(C)C)-c1cc(C(C)(C)C)c(C)cc1C2.Cl.Cl.Clc1cc[c-]cc1.Clc1cc[c-]cc1.[CH2]=[Zr]. The summed E-state index contributed by atoms with van der Waals surface area (Å²) in [5.41, 5.74) is 13.4. The fraction of sp³-hybridized carbons (Fsp3) is 0.396. The van der Waals surface area contributed by atoms with Crippen molar-refractivity contribution < 1.29 is 24.2 Å². The first-order valence-corrected chi connectivity index (χ1v) is 20.4. The molecule has 288 valence electrons. The zero-order valence-electron chi connectivity index (χ0n) is 34.0. The Morgan fingerprint density at radius 1 is 0.717 bits per heavy atom. The first-order valence-electron chi connectivity index (χ1n) is 17.9. The van der Waals surface area contributed by atoms with E-state index in [1.165, 1.54) is 87.2 Å². The summed E-state index contributed by atoms with van der Waals surface area (Å²) in [5, 5.41) is 1.53. The van der Waals surface area contributed by atoms with E-state index in [1.807, 2.05) is 0 Å². The fourth-order valence-electron chi connectivity index (χ4n) is 6.21. The molecule has 0 radical (unpaired) electrons. The Labute approximate surface area is 361 Å². The first kappa shape index (κ1) is 51.3. The predicted molar refractivity (Wildman–Crippen MR) is 236 cm³/mol. The van der Waals surface area contributed by atoms with Gasteiger partial charge in [0.05, 0.1) is 0 Å². The molecule has 0 fully saturated rings. The predicted octanol–water partition coefficient (Wildman–Crippen LogP) is 15.1. The van der Waals surface area contributed by atoms with E-state index in [2.05, 4.69) is 142 Å². The second-order valence-corrected chi connectivity index (χ2v) is 17.1. The minimum absolute atomic E-state index is 0. The quantitative estimate of drug-likeness (QED) is 0.155. The van der Waals surface area contributed by atoms with E-state index in [9.17, 15) is 0 Å². The summed E-state index contributed by atoms with van der Waals surface area (Å²) in [4.78, 5) is 0. The van der Waals surface area contributed by atoms with Gasteiger partial charge in [-0.15, -0.1) is 64.7 Å². The summed E-state index contributed by atoms with van der Waals surface area (Å²) in [6.07, 6.45) is 11.5. The van der Waals surface area contributed by atoms with Gasteiger partial charge in [0.15, 0.2) is 0 Å². The van der Waals surface area contributed by atoms with Crippen LogP contribution in [-0.2, 0) is 41.5 Å². The van der Waals surface area contributed by atoms with E-state index >= 15 is 0 Å². The Hall–Kier alpha value is -1.73. The molecule has 0 saturated carbocycles. The first-order chi connectivity index (χ1) is 23.8. The van der Waals surface area contributed by atoms with Crippen LogP contribution >= 0.6 is 48.0 Å². The Morgan fingerprint density at radius 3 is 1.57 bits per heavy atom. The summed E-state index contributed by atoms with van der Waals surface area (Å²) in [7, 11) is 0. The van der Waals surface area contributed by atoms with Crippen molar-refractivity contribution in [2.45, 2.75) is 113 Å². The molecule has 0 N–H and O–H groups in total. The molecule has 0 aromatic heterocycles. The molecule has 0 saturated heterocycles. The van der Waals surface area contributed by atoms with Gasteiger partial charge in [-0.2, -0.15) is 90.0 Å². The van der Waals surface area contributed by atoms with Crippen molar-refractivity contribution in [3.05, 3.63) is 152 Å². The van der Waals surface area contributed by atoms with Crippen LogP contribution in [0, 0.1) is 49.5 Å². The average molecular weight is 870 g/mol. The van der Waals surface area contributed by atoms with E-state index in [1.54, 1.807) is 48.5 Å². The number of rotatable bonds is 2. The van der Waals surface area contributed by atoms with Crippen molar-refractivity contribution in [1.29, 1.82) is 0 Å². The Kier molecular flexibility index (Phi) is 22.6. The normalized spacial score (nSPS) is 13.6. The third-order valence-corrected chi connectivity index (χ3v) is 9.24. The molecule has 2 aliphatic carbocycles. The molecule has 6 rings (SSSR count). The zero-order chi connectivity index (χ0) is 38.6. The summed E-state index contributed by atoms with van der Waals surface area (Å²) in [6.45, 7) is 27.2. The molecule has 0 spiro atoms. The maximum atomic E-state index is 5.52. The molecule has 0 amide bonds. The van der Waals surface area contributed by atoms with E-state index in [-0.39, 0.29) is 35.6 Å². The number of allylic oxidation sites excluding steroid dienone is 4. The second kappa shape index (κ2) is 23.4. The number of hydrogen-bond donors (Lipinski definition) is 0. The van der Waals surface area contributed by atoms with Crippen molar-refractivity contribution in [3.8, 4) is 11.1 Å². The Morgan fingerprint density at radius 2 is 1.19 bits per heavy atom. The van der Waals surface area contributed by atoms with Crippen molar-refractivity contribution in [2.75, 3.05) is 0 Å². The van der Waals surface area contributed by atoms with Crippen LogP contribution in [0.25, 0.3) is 11.1 Å². The van der Waals surface area contributed by atoms with Gasteiger partial charge in [-0.3, -0.25) is 6.08 Å². The van der Waals surface area contributed by atoms with Crippen LogP contribution in [0.3, 0.4) is 0 Å². The van der Waals surface area contributed by atoms with Crippen LogP contribution in [0.5, 0.6) is 0 Å². The molecular formula is C48H60Cl4Zr-4. The second-order valence-electron chi connectivity index (χ2n) is 16.2. The average Bonchev–Trinajstić information content (AvgIpc) is 3.66. The van der Waals surface area contributed by atoms with E-state index < -0.39 is 0 Å². The maximum absolute atomic E-state index is 5.52. The number of hydrogen-bond acceptors (Lipinski definition) is 0. The van der Waals surface area contributed by atoms with Crippen LogP contribution in [0.15, 0.2) is 84.5 Å². The molecule has 1 unspecified atom stereocenters. The topological polar surface area (TPSA) is 0 Å². The van der Waals surface area contributed by atoms with E-state index in [0.717, 1.165) is 16.5 Å². The van der Waals surface area contributed by atoms with Crippen LogP contribution < -0.4 is 0 Å².